The predicted octanol–water partition coefficient (Wildman–Crippen LogP) is 10.2. The average molecular weight is 938 g/mol. The van der Waals surface area contributed by atoms with Crippen LogP contribution in [0, 0.1) is 10.1 Å². The van der Waals surface area contributed by atoms with Crippen molar-refractivity contribution >= 4 is 73.3 Å². The third-order valence-corrected chi connectivity index (χ3v) is 13.6. The second-order valence-electron chi connectivity index (χ2n) is 16.8. The Morgan fingerprint density at radius 2 is 1.65 bits per heavy atom. The fourth-order valence-corrected chi connectivity index (χ4v) is 9.75. The highest BCUT2D eigenvalue weighted by atomic mass is 35.5. The number of benzene rings is 5. The maximum absolute atomic E-state index is 13.9. The van der Waals surface area contributed by atoms with Crippen LogP contribution in [0.15, 0.2) is 131 Å². The lowest BCUT2D eigenvalue weighted by atomic mass is 9.99. The molecule has 65 heavy (non-hydrogen) atoms. The van der Waals surface area contributed by atoms with Gasteiger partial charge in [0.1, 0.15) is 17.6 Å². The van der Waals surface area contributed by atoms with Gasteiger partial charge in [-0.3, -0.25) is 19.7 Å². The molecule has 6 aromatic rings. The zero-order chi connectivity index (χ0) is 46.0. The van der Waals surface area contributed by atoms with Crippen LogP contribution in [0.3, 0.4) is 0 Å². The monoisotopic (exact) mass is 936 g/mol. The van der Waals surface area contributed by atoms with E-state index in [9.17, 15) is 23.3 Å². The Kier molecular flexibility index (Phi) is 15.5. The number of anilines is 3. The Hall–Kier alpha value is -5.94. The quantitative estimate of drug-likeness (QED) is 0.0323. The molecular formula is C48H53ClN8O6S2. The highest BCUT2D eigenvalue weighted by molar-refractivity contribution is 7.99. The second-order valence-corrected chi connectivity index (χ2v) is 20.0. The lowest BCUT2D eigenvalue weighted by Crippen LogP contribution is -2.46. The van der Waals surface area contributed by atoms with Crippen LogP contribution in [-0.2, 0) is 21.3 Å². The van der Waals surface area contributed by atoms with E-state index in [1.807, 2.05) is 66.7 Å². The van der Waals surface area contributed by atoms with Crippen molar-refractivity contribution in [2.24, 2.45) is 0 Å². The van der Waals surface area contributed by atoms with Crippen LogP contribution >= 0.6 is 23.4 Å². The summed E-state index contributed by atoms with van der Waals surface area (Å²) in [5, 5.41) is 19.7. The third-order valence-electron chi connectivity index (χ3n) is 10.8. The van der Waals surface area contributed by atoms with E-state index >= 15 is 0 Å². The number of aromatic nitrogens is 2. The second kappa shape index (κ2) is 21.4. The summed E-state index contributed by atoms with van der Waals surface area (Å²) in [5.74, 6) is 0.650. The number of halogens is 1. The van der Waals surface area contributed by atoms with Gasteiger partial charge in [0, 0.05) is 78.1 Å². The van der Waals surface area contributed by atoms with Gasteiger partial charge in [-0.15, -0.1) is 11.8 Å². The van der Waals surface area contributed by atoms with E-state index in [0.29, 0.717) is 47.5 Å². The number of alkyl carbamates (subject to hydrolysis) is 1. The molecule has 0 spiro atoms. The van der Waals surface area contributed by atoms with Crippen molar-refractivity contribution in [3.8, 4) is 11.1 Å². The van der Waals surface area contributed by atoms with Crippen molar-refractivity contribution in [2.75, 3.05) is 53.4 Å². The summed E-state index contributed by atoms with van der Waals surface area (Å²) in [6, 6.07) is 35.5. The average Bonchev–Trinajstić information content (AvgIpc) is 3.28. The molecule has 1 fully saturated rings. The number of sulfonamides is 1. The summed E-state index contributed by atoms with van der Waals surface area (Å²) in [7, 11) is -4.32. The summed E-state index contributed by atoms with van der Waals surface area (Å²) in [6.45, 7) is 9.92. The van der Waals surface area contributed by atoms with Crippen molar-refractivity contribution < 1.29 is 22.9 Å². The molecule has 1 aliphatic heterocycles. The molecule has 340 valence electrons. The fourth-order valence-electron chi connectivity index (χ4n) is 7.59. The first kappa shape index (κ1) is 47.0. The Bertz CT molecular complexity index is 2700. The Morgan fingerprint density at radius 1 is 0.908 bits per heavy atom. The van der Waals surface area contributed by atoms with Gasteiger partial charge in [0.15, 0.2) is 5.82 Å². The molecular weight excluding hydrogens is 884 g/mol. The number of ether oxygens (including phenoxy) is 1. The minimum Gasteiger partial charge on any atom is -0.444 e. The van der Waals surface area contributed by atoms with Gasteiger partial charge in [-0.05, 0) is 111 Å². The van der Waals surface area contributed by atoms with E-state index in [0.717, 1.165) is 54.9 Å². The van der Waals surface area contributed by atoms with E-state index in [1.54, 1.807) is 38.6 Å². The number of nitrogens with one attached hydrogen (secondary N) is 3. The highest BCUT2D eigenvalue weighted by Gasteiger charge is 2.25. The zero-order valence-electron chi connectivity index (χ0n) is 36.6. The van der Waals surface area contributed by atoms with Crippen LogP contribution in [-0.4, -0.2) is 84.4 Å². The molecule has 1 saturated heterocycles. The van der Waals surface area contributed by atoms with Crippen LogP contribution in [0.2, 0.25) is 5.02 Å². The summed E-state index contributed by atoms with van der Waals surface area (Å²) >= 11 is 7.76. The summed E-state index contributed by atoms with van der Waals surface area (Å²) < 4.78 is 35.6. The number of carbonyl (C=O) groups is 1. The molecule has 17 heteroatoms. The number of fused-ring (bicyclic) bond motifs is 1. The summed E-state index contributed by atoms with van der Waals surface area (Å²) in [4.78, 5) is 38.2. The molecule has 14 nitrogen and oxygen atoms in total. The Labute approximate surface area is 389 Å². The number of nitro groups is 1. The van der Waals surface area contributed by atoms with Crippen molar-refractivity contribution in [1.29, 1.82) is 0 Å². The highest BCUT2D eigenvalue weighted by Crippen LogP contribution is 2.33. The summed E-state index contributed by atoms with van der Waals surface area (Å²) in [5.41, 5.74) is 4.30. The van der Waals surface area contributed by atoms with Gasteiger partial charge in [0.05, 0.1) is 15.3 Å². The lowest BCUT2D eigenvalue weighted by Gasteiger charge is -2.36. The van der Waals surface area contributed by atoms with E-state index in [2.05, 4.69) is 59.4 Å². The normalized spacial score (nSPS) is 13.9. The lowest BCUT2D eigenvalue weighted by molar-refractivity contribution is -0.384. The van der Waals surface area contributed by atoms with Crippen molar-refractivity contribution in [3.05, 3.63) is 142 Å². The number of nitro benzene ring substituents is 1. The van der Waals surface area contributed by atoms with E-state index in [1.165, 1.54) is 29.6 Å². The zero-order valence-corrected chi connectivity index (χ0v) is 39.0. The molecule has 0 radical (unpaired) electrons. The molecule has 1 unspecified atom stereocenters. The van der Waals surface area contributed by atoms with Crippen LogP contribution in [0.4, 0.5) is 27.7 Å². The first-order valence-corrected chi connectivity index (χ1v) is 24.3. The molecule has 1 aliphatic rings. The third kappa shape index (κ3) is 13.1. The molecule has 0 bridgehead atoms. The van der Waals surface area contributed by atoms with Crippen molar-refractivity contribution in [1.82, 2.24) is 20.2 Å². The number of carbonyl (C=O) groups excluding carboxylic acids is 1. The number of hydrogen-bond acceptors (Lipinski definition) is 12. The number of unbranched alkanes of at least 4 members (excludes halogenated alkanes) is 1. The van der Waals surface area contributed by atoms with Gasteiger partial charge >= 0.3 is 6.09 Å². The fraction of sp³-hybridized carbons (Fsp3) is 0.312. The number of thioether (sulfide) groups is 1. The molecule has 1 aromatic heterocycles. The molecule has 1 amide bonds. The predicted molar refractivity (Wildman–Crippen MR) is 260 cm³/mol. The van der Waals surface area contributed by atoms with Crippen molar-refractivity contribution in [2.45, 2.75) is 68.0 Å². The number of hydrogen-bond donors (Lipinski definition) is 3. The molecule has 7 rings (SSSR count). The SMILES string of the molecule is CC(C)(C)OC(=O)NCCCCC(CSc1ccccc1)Nc1ccc(S(=O)(=O)Nc2ncnc3cc(N4CCN(Cc5ccccc5-c5ccc(Cl)cc5)CC4)ccc23)cc1[N+](=O)[O-]. The molecule has 0 aliphatic carbocycles. The number of nitrogens with zero attached hydrogens (tertiary/aromatic N) is 5. The van der Waals surface area contributed by atoms with Crippen LogP contribution in [0.25, 0.3) is 22.0 Å². The standard InChI is InChI=1S/C48H53ClN8O6S2/c1-48(2,3)63-47(58)50-24-10-9-12-37(32-64-39-13-5-4-6-14-39)53-43-23-21-40(30-45(43)57(59)60)65(61,62)54-46-42-22-20-38(29-44(42)51-33-52-46)56-27-25-55(26-28-56)31-35-11-7-8-15-41(35)34-16-18-36(49)19-17-34/h4-8,11,13-23,29-30,33,37,53H,9-10,12,24-28,31-32H2,1-3H3,(H,50,58)(H,51,52,54). The molecule has 0 saturated carbocycles. The number of rotatable bonds is 18. The van der Waals surface area contributed by atoms with Gasteiger partial charge in [0.2, 0.25) is 0 Å². The maximum Gasteiger partial charge on any atom is 0.407 e. The Balaban J connectivity index is 0.997. The summed E-state index contributed by atoms with van der Waals surface area (Å²) in [6.07, 6.45) is 2.82. The topological polar surface area (TPSA) is 172 Å². The Morgan fingerprint density at radius 3 is 2.38 bits per heavy atom. The minimum atomic E-state index is -4.32. The van der Waals surface area contributed by atoms with Gasteiger partial charge in [-0.1, -0.05) is 66.2 Å². The smallest absolute Gasteiger partial charge is 0.407 e. The minimum absolute atomic E-state index is 0.0646. The van der Waals surface area contributed by atoms with Crippen molar-refractivity contribution in [3.63, 3.8) is 0 Å². The van der Waals surface area contributed by atoms with Gasteiger partial charge in [-0.25, -0.2) is 23.2 Å². The molecule has 1 atom stereocenters. The maximum atomic E-state index is 13.9. The number of piperazine rings is 1. The van der Waals surface area contributed by atoms with Crippen LogP contribution in [0.5, 0.6) is 0 Å². The van der Waals surface area contributed by atoms with Crippen LogP contribution in [0.1, 0.15) is 45.6 Å². The first-order chi connectivity index (χ1) is 31.2. The van der Waals surface area contributed by atoms with Gasteiger partial charge < -0.3 is 20.3 Å². The molecule has 5 aromatic carbocycles. The van der Waals surface area contributed by atoms with Crippen LogP contribution < -0.4 is 20.3 Å². The first-order valence-electron chi connectivity index (χ1n) is 21.5. The molecule has 2 heterocycles. The number of amides is 1. The largest absolute Gasteiger partial charge is 0.444 e. The van der Waals surface area contributed by atoms with Gasteiger partial charge in [0.25, 0.3) is 15.7 Å². The van der Waals surface area contributed by atoms with Gasteiger partial charge in [-0.2, -0.15) is 0 Å². The molecule has 3 N–H and O–H groups in total. The van der Waals surface area contributed by atoms with E-state index in [-0.39, 0.29) is 28.1 Å². The van der Waals surface area contributed by atoms with E-state index < -0.39 is 26.6 Å². The van der Waals surface area contributed by atoms with E-state index in [4.69, 9.17) is 16.3 Å².